The van der Waals surface area contributed by atoms with Gasteiger partial charge in [-0.3, -0.25) is 0 Å². The van der Waals surface area contributed by atoms with Gasteiger partial charge in [-0.25, -0.2) is 9.18 Å². The number of ether oxygens (including phenoxy) is 1. The van der Waals surface area contributed by atoms with E-state index in [0.29, 0.717) is 10.8 Å². The second-order valence-corrected chi connectivity index (χ2v) is 4.75. The minimum atomic E-state index is -1.11. The van der Waals surface area contributed by atoms with Gasteiger partial charge in [-0.15, -0.1) is 0 Å². The van der Waals surface area contributed by atoms with Crippen molar-refractivity contribution in [3.63, 3.8) is 0 Å². The lowest BCUT2D eigenvalue weighted by Gasteiger charge is -2.12. The van der Waals surface area contributed by atoms with Gasteiger partial charge in [-0.2, -0.15) is 0 Å². The minimum Gasteiger partial charge on any atom is -0.496 e. The number of aromatic carboxylic acids is 1. The summed E-state index contributed by atoms with van der Waals surface area (Å²) < 4.78 is 18.9. The SMILES string of the molecule is COc1ccc(Cl)cc1CNc1cc(C(=O)O)ccc1F. The van der Waals surface area contributed by atoms with Crippen molar-refractivity contribution in [3.05, 3.63) is 58.4 Å². The highest BCUT2D eigenvalue weighted by molar-refractivity contribution is 6.30. The third-order valence-corrected chi connectivity index (χ3v) is 3.16. The molecule has 2 rings (SSSR count). The second-order valence-electron chi connectivity index (χ2n) is 4.31. The maximum absolute atomic E-state index is 13.7. The molecule has 0 aliphatic carbocycles. The number of hydrogen-bond acceptors (Lipinski definition) is 3. The highest BCUT2D eigenvalue weighted by atomic mass is 35.5. The smallest absolute Gasteiger partial charge is 0.335 e. The summed E-state index contributed by atoms with van der Waals surface area (Å²) in [5.74, 6) is -1.03. The lowest BCUT2D eigenvalue weighted by atomic mass is 10.1. The minimum absolute atomic E-state index is 0.0111. The molecule has 0 aliphatic rings. The van der Waals surface area contributed by atoms with E-state index in [4.69, 9.17) is 21.4 Å². The Kier molecular flexibility index (Phi) is 4.65. The van der Waals surface area contributed by atoms with Crippen LogP contribution in [-0.4, -0.2) is 18.2 Å². The van der Waals surface area contributed by atoms with Crippen LogP contribution in [0.1, 0.15) is 15.9 Å². The molecule has 21 heavy (non-hydrogen) atoms. The van der Waals surface area contributed by atoms with E-state index < -0.39 is 11.8 Å². The molecular formula is C15H13ClFNO3. The van der Waals surface area contributed by atoms with Crippen LogP contribution in [0.3, 0.4) is 0 Å². The topological polar surface area (TPSA) is 58.6 Å². The highest BCUT2D eigenvalue weighted by Crippen LogP contribution is 2.24. The van der Waals surface area contributed by atoms with Crippen LogP contribution >= 0.6 is 11.6 Å². The first-order valence-electron chi connectivity index (χ1n) is 6.10. The van der Waals surface area contributed by atoms with Gasteiger partial charge in [0.2, 0.25) is 0 Å². The van der Waals surface area contributed by atoms with Crippen molar-refractivity contribution >= 4 is 23.3 Å². The van der Waals surface area contributed by atoms with Crippen LogP contribution in [-0.2, 0) is 6.54 Å². The summed E-state index contributed by atoms with van der Waals surface area (Å²) in [6, 6.07) is 8.67. The van der Waals surface area contributed by atoms with E-state index in [9.17, 15) is 9.18 Å². The molecule has 0 spiro atoms. The third-order valence-electron chi connectivity index (χ3n) is 2.93. The van der Waals surface area contributed by atoms with Crippen LogP contribution in [0.4, 0.5) is 10.1 Å². The number of benzene rings is 2. The van der Waals surface area contributed by atoms with Gasteiger partial charge in [0.05, 0.1) is 18.4 Å². The molecule has 110 valence electrons. The van der Waals surface area contributed by atoms with Gasteiger partial charge in [0.25, 0.3) is 0 Å². The average molecular weight is 310 g/mol. The van der Waals surface area contributed by atoms with Crippen LogP contribution in [0.2, 0.25) is 5.02 Å². The molecule has 0 unspecified atom stereocenters. The number of carboxylic acids is 1. The number of carboxylic acid groups (broad SMARTS) is 1. The van der Waals surface area contributed by atoms with E-state index in [0.717, 1.165) is 11.6 Å². The number of methoxy groups -OCH3 is 1. The molecule has 6 heteroatoms. The Hall–Kier alpha value is -2.27. The summed E-state index contributed by atoms with van der Waals surface area (Å²) in [5, 5.41) is 12.3. The molecule has 2 aromatic rings. The summed E-state index contributed by atoms with van der Waals surface area (Å²) in [5.41, 5.74) is 0.860. The van der Waals surface area contributed by atoms with Crippen molar-refractivity contribution in [3.8, 4) is 5.75 Å². The molecule has 0 radical (unpaired) electrons. The maximum atomic E-state index is 13.7. The van der Waals surface area contributed by atoms with Crippen molar-refractivity contribution in [1.82, 2.24) is 0 Å². The van der Waals surface area contributed by atoms with Crippen LogP contribution in [0.15, 0.2) is 36.4 Å². The van der Waals surface area contributed by atoms with E-state index >= 15 is 0 Å². The molecule has 0 saturated carbocycles. The number of rotatable bonds is 5. The molecule has 4 nitrogen and oxygen atoms in total. The fraction of sp³-hybridized carbons (Fsp3) is 0.133. The van der Waals surface area contributed by atoms with Gasteiger partial charge >= 0.3 is 5.97 Å². The average Bonchev–Trinajstić information content (AvgIpc) is 2.46. The molecule has 2 N–H and O–H groups in total. The molecule has 0 saturated heterocycles. The van der Waals surface area contributed by atoms with Gasteiger partial charge in [-0.1, -0.05) is 11.6 Å². The lowest BCUT2D eigenvalue weighted by Crippen LogP contribution is -2.05. The summed E-state index contributed by atoms with van der Waals surface area (Å²) in [7, 11) is 1.53. The van der Waals surface area contributed by atoms with Crippen molar-refractivity contribution in [2.24, 2.45) is 0 Å². The zero-order chi connectivity index (χ0) is 15.4. The Labute approximate surface area is 126 Å². The molecule has 0 aliphatic heterocycles. The summed E-state index contributed by atoms with van der Waals surface area (Å²) in [6.45, 7) is 0.254. The van der Waals surface area contributed by atoms with Crippen molar-refractivity contribution in [2.45, 2.75) is 6.54 Å². The maximum Gasteiger partial charge on any atom is 0.335 e. The zero-order valence-electron chi connectivity index (χ0n) is 11.2. The predicted octanol–water partition coefficient (Wildman–Crippen LogP) is 3.80. The summed E-state index contributed by atoms with van der Waals surface area (Å²) >= 11 is 5.92. The highest BCUT2D eigenvalue weighted by Gasteiger charge is 2.09. The molecule has 0 fully saturated rings. The van der Waals surface area contributed by atoms with E-state index in [-0.39, 0.29) is 17.8 Å². The lowest BCUT2D eigenvalue weighted by molar-refractivity contribution is 0.0697. The van der Waals surface area contributed by atoms with Crippen molar-refractivity contribution < 1.29 is 19.0 Å². The summed E-state index contributed by atoms with van der Waals surface area (Å²) in [4.78, 5) is 10.9. The monoisotopic (exact) mass is 309 g/mol. The molecule has 0 atom stereocenters. The molecule has 0 amide bonds. The standard InChI is InChI=1S/C15H13ClFNO3/c1-21-14-5-3-11(16)6-10(14)8-18-13-7-9(15(19)20)2-4-12(13)17/h2-7,18H,8H2,1H3,(H,19,20). The van der Waals surface area contributed by atoms with Crippen LogP contribution < -0.4 is 10.1 Å². The predicted molar refractivity (Wildman–Crippen MR) is 78.7 cm³/mol. The van der Waals surface area contributed by atoms with Gasteiger partial charge < -0.3 is 15.2 Å². The molecule has 0 aromatic heterocycles. The van der Waals surface area contributed by atoms with Gasteiger partial charge in [0.15, 0.2) is 0 Å². The Morgan fingerprint density at radius 3 is 2.76 bits per heavy atom. The largest absolute Gasteiger partial charge is 0.496 e. The Balaban J connectivity index is 2.22. The molecule has 2 aromatic carbocycles. The first kappa shape index (κ1) is 15.1. The van der Waals surface area contributed by atoms with Crippen LogP contribution in [0.5, 0.6) is 5.75 Å². The molecule has 0 heterocycles. The first-order chi connectivity index (χ1) is 10.0. The normalized spacial score (nSPS) is 10.2. The number of carbonyl (C=O) groups is 1. The number of anilines is 1. The van der Waals surface area contributed by atoms with E-state index in [1.165, 1.54) is 19.2 Å². The molecular weight excluding hydrogens is 297 g/mol. The van der Waals surface area contributed by atoms with Crippen LogP contribution in [0, 0.1) is 5.82 Å². The number of nitrogens with one attached hydrogen (secondary N) is 1. The Bertz CT molecular complexity index is 676. The van der Waals surface area contributed by atoms with E-state index in [2.05, 4.69) is 5.32 Å². The third kappa shape index (κ3) is 3.64. The van der Waals surface area contributed by atoms with Gasteiger partial charge in [-0.05, 0) is 36.4 Å². The fourth-order valence-corrected chi connectivity index (χ4v) is 2.06. The number of halogens is 2. The first-order valence-corrected chi connectivity index (χ1v) is 6.48. The molecule has 0 bridgehead atoms. The Morgan fingerprint density at radius 2 is 2.10 bits per heavy atom. The van der Waals surface area contributed by atoms with Crippen molar-refractivity contribution in [1.29, 1.82) is 0 Å². The van der Waals surface area contributed by atoms with E-state index in [1.807, 2.05) is 0 Å². The zero-order valence-corrected chi connectivity index (χ0v) is 11.9. The van der Waals surface area contributed by atoms with Gasteiger partial charge in [0, 0.05) is 17.1 Å². The van der Waals surface area contributed by atoms with Crippen LogP contribution in [0.25, 0.3) is 0 Å². The number of hydrogen-bond donors (Lipinski definition) is 2. The Morgan fingerprint density at radius 1 is 1.33 bits per heavy atom. The quantitative estimate of drug-likeness (QED) is 0.882. The fourth-order valence-electron chi connectivity index (χ4n) is 1.87. The second kappa shape index (κ2) is 6.45. The van der Waals surface area contributed by atoms with Crippen molar-refractivity contribution in [2.75, 3.05) is 12.4 Å². The van der Waals surface area contributed by atoms with E-state index in [1.54, 1.807) is 18.2 Å². The summed E-state index contributed by atoms with van der Waals surface area (Å²) in [6.07, 6.45) is 0. The van der Waals surface area contributed by atoms with Gasteiger partial charge in [0.1, 0.15) is 11.6 Å².